The summed E-state index contributed by atoms with van der Waals surface area (Å²) in [6.45, 7) is 0. The number of carbonyl (C=O) groups excluding carboxylic acids is 1. The second-order valence-corrected chi connectivity index (χ2v) is 5.25. The third kappa shape index (κ3) is 3.65. The summed E-state index contributed by atoms with van der Waals surface area (Å²) in [6.07, 6.45) is -4.77. The number of carbonyl (C=O) groups is 1. The summed E-state index contributed by atoms with van der Waals surface area (Å²) in [7, 11) is 1.60. The van der Waals surface area contributed by atoms with Gasteiger partial charge >= 0.3 is 12.1 Å². The van der Waals surface area contributed by atoms with E-state index in [1.54, 1.807) is 19.2 Å². The van der Waals surface area contributed by atoms with Gasteiger partial charge in [-0.3, -0.25) is 9.36 Å². The number of halogens is 3. The molecule has 130 valence electrons. The molecule has 1 heterocycles. The number of nitrogens with one attached hydrogen (secondary N) is 2. The number of H-pyrrole nitrogens is 1. The Bertz CT molecular complexity index is 988. The Hall–Kier alpha value is -3.23. The van der Waals surface area contributed by atoms with Crippen molar-refractivity contribution in [2.45, 2.75) is 6.36 Å². The fourth-order valence-electron chi connectivity index (χ4n) is 2.32. The first-order valence-corrected chi connectivity index (χ1v) is 7.09. The zero-order valence-corrected chi connectivity index (χ0v) is 12.8. The van der Waals surface area contributed by atoms with Gasteiger partial charge in [0.2, 0.25) is 0 Å². The number of imidazole rings is 1. The topological polar surface area (TPSA) is 76.1 Å². The molecule has 25 heavy (non-hydrogen) atoms. The number of fused-ring (bicyclic) bond motifs is 1. The lowest BCUT2D eigenvalue weighted by Gasteiger charge is -2.10. The molecule has 2 N–H and O–H groups in total. The van der Waals surface area contributed by atoms with E-state index in [1.807, 2.05) is 0 Å². The number of benzene rings is 2. The zero-order chi connectivity index (χ0) is 18.2. The number of amides is 1. The number of rotatable bonds is 3. The van der Waals surface area contributed by atoms with Gasteiger partial charge in [-0.25, -0.2) is 4.79 Å². The molecule has 1 aromatic heterocycles. The average Bonchev–Trinajstić information content (AvgIpc) is 2.82. The van der Waals surface area contributed by atoms with E-state index < -0.39 is 12.3 Å². The van der Waals surface area contributed by atoms with Crippen molar-refractivity contribution in [3.63, 3.8) is 0 Å². The maximum absolute atomic E-state index is 12.2. The Morgan fingerprint density at radius 1 is 1.16 bits per heavy atom. The van der Waals surface area contributed by atoms with Gasteiger partial charge in [0.15, 0.2) is 0 Å². The summed E-state index contributed by atoms with van der Waals surface area (Å²) >= 11 is 0. The third-order valence-corrected chi connectivity index (χ3v) is 3.51. The van der Waals surface area contributed by atoms with E-state index in [0.29, 0.717) is 22.3 Å². The molecule has 0 saturated carbocycles. The molecule has 6 nitrogen and oxygen atoms in total. The second kappa shape index (κ2) is 6.00. The van der Waals surface area contributed by atoms with E-state index in [4.69, 9.17) is 0 Å². The van der Waals surface area contributed by atoms with Crippen LogP contribution in [0.4, 0.5) is 18.9 Å². The molecule has 2 aromatic carbocycles. The summed E-state index contributed by atoms with van der Waals surface area (Å²) in [4.78, 5) is 26.4. The van der Waals surface area contributed by atoms with E-state index in [2.05, 4.69) is 15.0 Å². The number of ether oxygens (including phenoxy) is 1. The van der Waals surface area contributed by atoms with Gasteiger partial charge in [-0.2, -0.15) is 0 Å². The van der Waals surface area contributed by atoms with E-state index in [0.717, 1.165) is 12.1 Å². The van der Waals surface area contributed by atoms with Crippen LogP contribution in [0.1, 0.15) is 10.4 Å². The van der Waals surface area contributed by atoms with Crippen LogP contribution in [0.15, 0.2) is 47.3 Å². The van der Waals surface area contributed by atoms with Crippen LogP contribution in [-0.2, 0) is 7.05 Å². The van der Waals surface area contributed by atoms with Crippen LogP contribution in [0.5, 0.6) is 5.75 Å². The molecule has 0 atom stereocenters. The second-order valence-electron chi connectivity index (χ2n) is 5.25. The smallest absolute Gasteiger partial charge is 0.406 e. The summed E-state index contributed by atoms with van der Waals surface area (Å²) in [6, 6.07) is 9.48. The number of nitrogens with zero attached hydrogens (tertiary/aromatic N) is 1. The van der Waals surface area contributed by atoms with Crippen molar-refractivity contribution in [3.8, 4) is 5.75 Å². The van der Waals surface area contributed by atoms with Gasteiger partial charge in [-0.1, -0.05) is 0 Å². The number of aromatic nitrogens is 2. The first-order valence-electron chi connectivity index (χ1n) is 7.09. The maximum atomic E-state index is 12.2. The summed E-state index contributed by atoms with van der Waals surface area (Å²) in [5.74, 6) is -0.843. The molecule has 0 aliphatic rings. The van der Waals surface area contributed by atoms with Crippen LogP contribution in [0.2, 0.25) is 0 Å². The first kappa shape index (κ1) is 16.6. The van der Waals surface area contributed by atoms with Crippen LogP contribution in [0.25, 0.3) is 11.0 Å². The average molecular weight is 351 g/mol. The highest BCUT2D eigenvalue weighted by molar-refractivity contribution is 6.05. The van der Waals surface area contributed by atoms with Crippen molar-refractivity contribution in [3.05, 3.63) is 58.5 Å². The van der Waals surface area contributed by atoms with Crippen molar-refractivity contribution in [2.24, 2.45) is 7.05 Å². The Labute approximate surface area is 138 Å². The Morgan fingerprint density at radius 3 is 2.48 bits per heavy atom. The Kier molecular flexibility index (Phi) is 3.99. The quantitative estimate of drug-likeness (QED) is 0.762. The van der Waals surface area contributed by atoms with Crippen molar-refractivity contribution >= 4 is 22.6 Å². The maximum Gasteiger partial charge on any atom is 0.573 e. The van der Waals surface area contributed by atoms with Crippen molar-refractivity contribution in [1.82, 2.24) is 9.55 Å². The van der Waals surface area contributed by atoms with E-state index in [1.165, 1.54) is 22.8 Å². The van der Waals surface area contributed by atoms with Gasteiger partial charge < -0.3 is 15.0 Å². The molecule has 1 amide bonds. The van der Waals surface area contributed by atoms with Gasteiger partial charge in [0.05, 0.1) is 11.0 Å². The molecule has 9 heteroatoms. The SMILES string of the molecule is Cn1c(=O)[nH]c2cc(C(=O)Nc3ccc(OC(F)(F)F)cc3)ccc21. The van der Waals surface area contributed by atoms with Gasteiger partial charge in [0, 0.05) is 18.3 Å². The molecule has 3 aromatic rings. The standard InChI is InChI=1S/C16H12F3N3O3/c1-22-13-7-2-9(8-12(13)21-15(22)24)14(23)20-10-3-5-11(6-4-10)25-16(17,18)19/h2-8H,1H3,(H,20,23)(H,21,24). The fourth-order valence-corrected chi connectivity index (χ4v) is 2.32. The molecule has 0 bridgehead atoms. The molecule has 0 radical (unpaired) electrons. The highest BCUT2D eigenvalue weighted by Crippen LogP contribution is 2.24. The lowest BCUT2D eigenvalue weighted by Crippen LogP contribution is -2.17. The number of aryl methyl sites for hydroxylation is 1. The van der Waals surface area contributed by atoms with Crippen LogP contribution >= 0.6 is 0 Å². The summed E-state index contributed by atoms with van der Waals surface area (Å²) in [5.41, 5.74) is 1.46. The van der Waals surface area contributed by atoms with Crippen LogP contribution in [-0.4, -0.2) is 21.8 Å². The van der Waals surface area contributed by atoms with Crippen molar-refractivity contribution < 1.29 is 22.7 Å². The highest BCUT2D eigenvalue weighted by Gasteiger charge is 2.30. The molecule has 0 saturated heterocycles. The minimum Gasteiger partial charge on any atom is -0.406 e. The van der Waals surface area contributed by atoms with Gasteiger partial charge in [-0.15, -0.1) is 13.2 Å². The van der Waals surface area contributed by atoms with E-state index >= 15 is 0 Å². The third-order valence-electron chi connectivity index (χ3n) is 3.51. The molecule has 0 fully saturated rings. The predicted molar refractivity (Wildman–Crippen MR) is 84.6 cm³/mol. The molecule has 0 aliphatic carbocycles. The zero-order valence-electron chi connectivity index (χ0n) is 12.8. The Morgan fingerprint density at radius 2 is 1.84 bits per heavy atom. The van der Waals surface area contributed by atoms with Crippen molar-refractivity contribution in [2.75, 3.05) is 5.32 Å². The number of aromatic amines is 1. The minimum absolute atomic E-state index is 0.296. The predicted octanol–water partition coefficient (Wildman–Crippen LogP) is 3.02. The molecular formula is C16H12F3N3O3. The number of anilines is 1. The number of hydrogen-bond acceptors (Lipinski definition) is 3. The lowest BCUT2D eigenvalue weighted by molar-refractivity contribution is -0.274. The summed E-state index contributed by atoms with van der Waals surface area (Å²) in [5, 5.41) is 2.56. The number of alkyl halides is 3. The Balaban J connectivity index is 1.77. The molecule has 0 unspecified atom stereocenters. The summed E-state index contributed by atoms with van der Waals surface area (Å²) < 4.78 is 41.5. The molecule has 0 spiro atoms. The van der Waals surface area contributed by atoms with E-state index in [9.17, 15) is 22.8 Å². The lowest BCUT2D eigenvalue weighted by atomic mass is 10.2. The largest absolute Gasteiger partial charge is 0.573 e. The van der Waals surface area contributed by atoms with Crippen LogP contribution in [0.3, 0.4) is 0 Å². The van der Waals surface area contributed by atoms with Gasteiger partial charge in [0.25, 0.3) is 5.91 Å². The highest BCUT2D eigenvalue weighted by atomic mass is 19.4. The van der Waals surface area contributed by atoms with E-state index in [-0.39, 0.29) is 11.4 Å². The first-order chi connectivity index (χ1) is 11.7. The monoisotopic (exact) mass is 351 g/mol. The minimum atomic E-state index is -4.77. The van der Waals surface area contributed by atoms with Crippen LogP contribution in [0, 0.1) is 0 Å². The number of hydrogen-bond donors (Lipinski definition) is 2. The van der Waals surface area contributed by atoms with Crippen LogP contribution < -0.4 is 15.7 Å². The molecular weight excluding hydrogens is 339 g/mol. The van der Waals surface area contributed by atoms with Crippen molar-refractivity contribution in [1.29, 1.82) is 0 Å². The molecule has 0 aliphatic heterocycles. The van der Waals surface area contributed by atoms with Gasteiger partial charge in [0.1, 0.15) is 5.75 Å². The molecule has 3 rings (SSSR count). The van der Waals surface area contributed by atoms with Gasteiger partial charge in [-0.05, 0) is 42.5 Å². The normalized spacial score (nSPS) is 11.5. The fraction of sp³-hybridized carbons (Fsp3) is 0.125.